The van der Waals surface area contributed by atoms with Gasteiger partial charge in [-0.2, -0.15) is 0 Å². The first-order chi connectivity index (χ1) is 17.1. The highest BCUT2D eigenvalue weighted by Crippen LogP contribution is 2.43. The van der Waals surface area contributed by atoms with E-state index in [1.54, 1.807) is 44.7 Å². The fourth-order valence-corrected chi connectivity index (χ4v) is 4.89. The molecule has 4 aromatic rings. The molecule has 1 saturated heterocycles. The van der Waals surface area contributed by atoms with Gasteiger partial charge in [0.1, 0.15) is 5.65 Å². The zero-order valence-corrected chi connectivity index (χ0v) is 19.6. The molecule has 9 heteroatoms. The van der Waals surface area contributed by atoms with Crippen molar-refractivity contribution in [3.05, 3.63) is 94.4 Å². The Morgan fingerprint density at radius 3 is 2.69 bits per heavy atom. The van der Waals surface area contributed by atoms with Crippen molar-refractivity contribution in [2.24, 2.45) is 0 Å². The van der Waals surface area contributed by atoms with Gasteiger partial charge in [-0.25, -0.2) is 4.98 Å². The number of non-ortho nitro benzene ring substituents is 1. The number of imidazole rings is 1. The Bertz CT molecular complexity index is 1340. The molecule has 1 aliphatic rings. The summed E-state index contributed by atoms with van der Waals surface area (Å²) in [6, 6.07) is 16.9. The summed E-state index contributed by atoms with van der Waals surface area (Å²) < 4.78 is 13.4. The average molecular weight is 474 g/mol. The molecule has 1 aliphatic heterocycles. The average Bonchev–Trinajstić information content (AvgIpc) is 3.53. The predicted molar refractivity (Wildman–Crippen MR) is 133 cm³/mol. The molecular formula is C26H27N5O4. The van der Waals surface area contributed by atoms with Gasteiger partial charge in [-0.15, -0.1) is 0 Å². The van der Waals surface area contributed by atoms with Crippen molar-refractivity contribution in [3.8, 4) is 11.5 Å². The van der Waals surface area contributed by atoms with E-state index in [9.17, 15) is 10.1 Å². The van der Waals surface area contributed by atoms with Crippen LogP contribution >= 0.6 is 0 Å². The lowest BCUT2D eigenvalue weighted by Crippen LogP contribution is -2.36. The van der Waals surface area contributed by atoms with E-state index in [0.717, 1.165) is 41.2 Å². The zero-order chi connectivity index (χ0) is 24.4. The largest absolute Gasteiger partial charge is 0.493 e. The van der Waals surface area contributed by atoms with E-state index in [1.165, 1.54) is 0 Å². The van der Waals surface area contributed by atoms with Crippen LogP contribution in [0.1, 0.15) is 23.6 Å². The summed E-state index contributed by atoms with van der Waals surface area (Å²) in [6.07, 6.45) is 6.66. The van der Waals surface area contributed by atoms with E-state index in [-0.39, 0.29) is 22.7 Å². The predicted octanol–water partition coefficient (Wildman–Crippen LogP) is 4.37. The third-order valence-electron chi connectivity index (χ3n) is 6.58. The van der Waals surface area contributed by atoms with Gasteiger partial charge >= 0.3 is 0 Å². The van der Waals surface area contributed by atoms with E-state index >= 15 is 0 Å². The number of nitrogens with one attached hydrogen (secondary N) is 1. The van der Waals surface area contributed by atoms with Gasteiger partial charge in [0, 0.05) is 67.2 Å². The molecule has 180 valence electrons. The summed E-state index contributed by atoms with van der Waals surface area (Å²) >= 11 is 0. The number of aromatic nitrogens is 2. The quantitative estimate of drug-likeness (QED) is 0.300. The van der Waals surface area contributed by atoms with E-state index in [0.29, 0.717) is 12.3 Å². The summed E-state index contributed by atoms with van der Waals surface area (Å²) in [5.74, 6) is 1.41. The van der Waals surface area contributed by atoms with Crippen molar-refractivity contribution in [2.45, 2.75) is 25.0 Å². The van der Waals surface area contributed by atoms with Crippen LogP contribution in [0.2, 0.25) is 0 Å². The number of hydrogen-bond donors (Lipinski definition) is 1. The second-order valence-electron chi connectivity index (χ2n) is 8.50. The molecule has 2 unspecified atom stereocenters. The van der Waals surface area contributed by atoms with E-state index in [4.69, 9.17) is 9.47 Å². The standard InChI is InChI=1S/C26H27N5O4/c1-34-23-5-3-4-21(26(23)35-2)25-22(28-17-18-6-8-19(9-7-18)31(32)33)11-14-30(25)20-10-13-29-15-12-27-24(29)16-20/h3-10,12-13,15-16,22,25,28H,11,14,17H2,1-2H3. The number of nitro groups is 1. The Labute approximate surface area is 203 Å². The highest BCUT2D eigenvalue weighted by atomic mass is 16.6. The van der Waals surface area contributed by atoms with E-state index < -0.39 is 0 Å². The number of ether oxygens (including phenoxy) is 2. The van der Waals surface area contributed by atoms with Crippen LogP contribution in [0.25, 0.3) is 5.65 Å². The Kier molecular flexibility index (Phi) is 6.24. The molecule has 0 aliphatic carbocycles. The zero-order valence-electron chi connectivity index (χ0n) is 19.6. The molecule has 1 fully saturated rings. The molecule has 35 heavy (non-hydrogen) atoms. The Morgan fingerprint density at radius 1 is 1.11 bits per heavy atom. The maximum Gasteiger partial charge on any atom is 0.269 e. The molecule has 2 atom stereocenters. The second kappa shape index (κ2) is 9.63. The maximum atomic E-state index is 11.0. The van der Waals surface area contributed by atoms with Crippen LogP contribution in [0.3, 0.4) is 0 Å². The molecule has 0 bridgehead atoms. The SMILES string of the molecule is COc1cccc(C2C(NCc3ccc([N+](=O)[O-])cc3)CCN2c2ccn3ccnc3c2)c1OC. The molecule has 0 amide bonds. The van der Waals surface area contributed by atoms with Gasteiger partial charge in [-0.1, -0.05) is 24.3 Å². The van der Waals surface area contributed by atoms with Crippen LogP contribution < -0.4 is 19.7 Å². The second-order valence-corrected chi connectivity index (χ2v) is 8.50. The number of anilines is 1. The van der Waals surface area contributed by atoms with E-state index in [2.05, 4.69) is 33.4 Å². The van der Waals surface area contributed by atoms with E-state index in [1.807, 2.05) is 28.9 Å². The number of fused-ring (bicyclic) bond motifs is 1. The number of rotatable bonds is 8. The van der Waals surface area contributed by atoms with Gasteiger partial charge in [0.15, 0.2) is 11.5 Å². The molecule has 0 spiro atoms. The minimum atomic E-state index is -0.381. The lowest BCUT2D eigenvalue weighted by Gasteiger charge is -2.32. The van der Waals surface area contributed by atoms with Gasteiger partial charge in [0.2, 0.25) is 0 Å². The summed E-state index contributed by atoms with van der Waals surface area (Å²) in [5, 5.41) is 14.7. The van der Waals surface area contributed by atoms with Gasteiger partial charge < -0.3 is 24.1 Å². The number of hydrogen-bond acceptors (Lipinski definition) is 7. The Balaban J connectivity index is 1.48. The number of nitro benzene ring substituents is 1. The van der Waals surface area contributed by atoms with Gasteiger partial charge in [0.05, 0.1) is 25.2 Å². The van der Waals surface area contributed by atoms with Crippen molar-refractivity contribution in [1.29, 1.82) is 0 Å². The molecule has 0 saturated carbocycles. The van der Waals surface area contributed by atoms with Crippen molar-refractivity contribution < 1.29 is 14.4 Å². The van der Waals surface area contributed by atoms with Crippen molar-refractivity contribution in [3.63, 3.8) is 0 Å². The number of methoxy groups -OCH3 is 2. The third-order valence-corrected chi connectivity index (χ3v) is 6.58. The lowest BCUT2D eigenvalue weighted by molar-refractivity contribution is -0.384. The van der Waals surface area contributed by atoms with Crippen LogP contribution in [0, 0.1) is 10.1 Å². The Hall–Kier alpha value is -4.11. The van der Waals surface area contributed by atoms with Crippen LogP contribution in [0.4, 0.5) is 11.4 Å². The fraction of sp³-hybridized carbons (Fsp3) is 0.269. The highest BCUT2D eigenvalue weighted by Gasteiger charge is 2.37. The van der Waals surface area contributed by atoms with Gasteiger partial charge in [-0.3, -0.25) is 10.1 Å². The number of benzene rings is 2. The van der Waals surface area contributed by atoms with Crippen LogP contribution in [-0.4, -0.2) is 41.1 Å². The number of para-hydroxylation sites is 1. The van der Waals surface area contributed by atoms with Crippen LogP contribution in [-0.2, 0) is 6.54 Å². The molecular weight excluding hydrogens is 446 g/mol. The summed E-state index contributed by atoms with van der Waals surface area (Å²) in [7, 11) is 3.31. The normalized spacial score (nSPS) is 17.6. The molecule has 3 heterocycles. The molecule has 1 N–H and O–H groups in total. The van der Waals surface area contributed by atoms with Gasteiger partial charge in [-0.05, 0) is 24.1 Å². The highest BCUT2D eigenvalue weighted by molar-refractivity contribution is 5.60. The maximum absolute atomic E-state index is 11.0. The minimum Gasteiger partial charge on any atom is -0.493 e. The monoisotopic (exact) mass is 473 g/mol. The summed E-state index contributed by atoms with van der Waals surface area (Å²) in [5.41, 5.74) is 4.09. The lowest BCUT2D eigenvalue weighted by atomic mass is 9.97. The van der Waals surface area contributed by atoms with Gasteiger partial charge in [0.25, 0.3) is 5.69 Å². The first kappa shape index (κ1) is 22.7. The molecule has 2 aromatic heterocycles. The fourth-order valence-electron chi connectivity index (χ4n) is 4.89. The number of pyridine rings is 1. The molecule has 2 aromatic carbocycles. The van der Waals surface area contributed by atoms with Crippen LogP contribution in [0.5, 0.6) is 11.5 Å². The van der Waals surface area contributed by atoms with Crippen molar-refractivity contribution >= 4 is 17.0 Å². The topological polar surface area (TPSA) is 94.2 Å². The first-order valence-corrected chi connectivity index (χ1v) is 11.5. The molecule has 5 rings (SSSR count). The summed E-state index contributed by atoms with van der Waals surface area (Å²) in [4.78, 5) is 17.4. The minimum absolute atomic E-state index is 0.0180. The summed E-state index contributed by atoms with van der Waals surface area (Å²) in [6.45, 7) is 1.44. The Morgan fingerprint density at radius 2 is 1.94 bits per heavy atom. The smallest absolute Gasteiger partial charge is 0.269 e. The van der Waals surface area contributed by atoms with Crippen molar-refractivity contribution in [2.75, 3.05) is 25.7 Å². The van der Waals surface area contributed by atoms with Crippen LogP contribution in [0.15, 0.2) is 73.2 Å². The molecule has 0 radical (unpaired) electrons. The van der Waals surface area contributed by atoms with Crippen molar-refractivity contribution in [1.82, 2.24) is 14.7 Å². The first-order valence-electron chi connectivity index (χ1n) is 11.5. The third kappa shape index (κ3) is 4.38. The number of nitrogens with zero attached hydrogens (tertiary/aromatic N) is 4. The molecule has 9 nitrogen and oxygen atoms in total.